The van der Waals surface area contributed by atoms with Crippen LogP contribution < -0.4 is 9.64 Å². The second kappa shape index (κ2) is 7.71. The summed E-state index contributed by atoms with van der Waals surface area (Å²) in [5.74, 6) is -3.92. The van der Waals surface area contributed by atoms with Crippen molar-refractivity contribution >= 4 is 29.1 Å². The highest BCUT2D eigenvalue weighted by Gasteiger charge is 2.74. The van der Waals surface area contributed by atoms with Crippen LogP contribution in [-0.2, 0) is 14.3 Å². The molecule has 3 aromatic carbocycles. The summed E-state index contributed by atoms with van der Waals surface area (Å²) >= 11 is 0. The van der Waals surface area contributed by atoms with Gasteiger partial charge in [-0.25, -0.2) is 4.90 Å². The first-order valence-electron chi connectivity index (χ1n) is 11.5. The molecular weight excluding hydrogens is 446 g/mol. The van der Waals surface area contributed by atoms with Gasteiger partial charge in [-0.05, 0) is 36.8 Å². The van der Waals surface area contributed by atoms with Crippen LogP contribution in [-0.4, -0.2) is 35.6 Å². The molecule has 1 spiro atoms. The number of anilines is 1. The van der Waals surface area contributed by atoms with Gasteiger partial charge in [0.2, 0.25) is 29.0 Å². The Morgan fingerprint density at radius 2 is 1.40 bits per heavy atom. The highest BCUT2D eigenvalue weighted by Crippen LogP contribution is 2.57. The summed E-state index contributed by atoms with van der Waals surface area (Å²) in [7, 11) is 0. The first-order valence-corrected chi connectivity index (χ1v) is 11.5. The standard InChI is InChI=1S/C28H21NO6/c1-2-34-18-14-12-17(13-15-18)29-26(32)21-22(27(29)33)28(35-23(21)16-8-4-3-5-9-16)24(30)19-10-6-7-11-20(19)25(28)31/h3-15,21-23H,2H2,1H3/t21-,22-,23-/m1/s1. The Kier molecular flexibility index (Phi) is 4.72. The molecule has 1 aliphatic carbocycles. The molecule has 3 aliphatic rings. The molecule has 0 unspecified atom stereocenters. The number of fused-ring (bicyclic) bond motifs is 3. The zero-order valence-electron chi connectivity index (χ0n) is 18.8. The molecular formula is C28H21NO6. The van der Waals surface area contributed by atoms with E-state index in [2.05, 4.69) is 0 Å². The van der Waals surface area contributed by atoms with Gasteiger partial charge >= 0.3 is 0 Å². The van der Waals surface area contributed by atoms with Crippen molar-refractivity contribution in [1.82, 2.24) is 0 Å². The average molecular weight is 467 g/mol. The van der Waals surface area contributed by atoms with E-state index in [1.165, 1.54) is 0 Å². The lowest BCUT2D eigenvalue weighted by molar-refractivity contribution is -0.127. The van der Waals surface area contributed by atoms with Crippen molar-refractivity contribution < 1.29 is 28.7 Å². The molecule has 3 aromatic rings. The number of benzene rings is 3. The van der Waals surface area contributed by atoms with E-state index >= 15 is 0 Å². The SMILES string of the molecule is CCOc1ccc(N2C(=O)[C@H]3[C@@H](c4ccccc4)OC4(C(=O)c5ccccc5C4=O)[C@H]3C2=O)cc1. The lowest BCUT2D eigenvalue weighted by Gasteiger charge is -2.27. The zero-order chi connectivity index (χ0) is 24.3. The van der Waals surface area contributed by atoms with Crippen molar-refractivity contribution in [2.75, 3.05) is 11.5 Å². The third kappa shape index (κ3) is 2.82. The largest absolute Gasteiger partial charge is 0.494 e. The van der Waals surface area contributed by atoms with Gasteiger partial charge in [0.25, 0.3) is 0 Å². The number of Topliss-reactive ketones (excluding diaryl/α,β-unsaturated/α-hetero) is 2. The minimum atomic E-state index is -2.07. The fraction of sp³-hybridized carbons (Fsp3) is 0.214. The molecule has 3 atom stereocenters. The van der Waals surface area contributed by atoms with Gasteiger partial charge in [-0.15, -0.1) is 0 Å². The molecule has 6 rings (SSSR count). The van der Waals surface area contributed by atoms with E-state index in [1.54, 1.807) is 72.8 Å². The Balaban J connectivity index is 1.49. The molecule has 174 valence electrons. The summed E-state index contributed by atoms with van der Waals surface area (Å²) in [5, 5.41) is 0. The Morgan fingerprint density at radius 1 is 0.800 bits per heavy atom. The van der Waals surface area contributed by atoms with E-state index in [4.69, 9.17) is 9.47 Å². The first-order chi connectivity index (χ1) is 17.0. The van der Waals surface area contributed by atoms with Crippen molar-refractivity contribution in [3.05, 3.63) is 95.6 Å². The molecule has 2 saturated heterocycles. The third-order valence-electron chi connectivity index (χ3n) is 7.05. The number of rotatable bonds is 4. The van der Waals surface area contributed by atoms with Gasteiger partial charge in [0.05, 0.1) is 30.2 Å². The summed E-state index contributed by atoms with van der Waals surface area (Å²) in [6.07, 6.45) is -0.924. The van der Waals surface area contributed by atoms with E-state index in [-0.39, 0.29) is 11.1 Å². The summed E-state index contributed by atoms with van der Waals surface area (Å²) in [6, 6.07) is 22.0. The molecule has 2 amide bonds. The number of nitrogens with zero attached hydrogens (tertiary/aromatic N) is 1. The summed E-state index contributed by atoms with van der Waals surface area (Å²) in [6.45, 7) is 2.34. The Labute approximate surface area is 201 Å². The normalized spacial score (nSPS) is 24.3. The molecule has 0 radical (unpaired) electrons. The molecule has 2 fully saturated rings. The van der Waals surface area contributed by atoms with Gasteiger partial charge in [0, 0.05) is 11.1 Å². The van der Waals surface area contributed by atoms with Crippen LogP contribution in [0.25, 0.3) is 0 Å². The van der Waals surface area contributed by atoms with E-state index < -0.39 is 46.9 Å². The Hall–Kier alpha value is -4.10. The van der Waals surface area contributed by atoms with E-state index in [0.717, 1.165) is 4.90 Å². The Bertz CT molecular complexity index is 1350. The van der Waals surface area contributed by atoms with Crippen LogP contribution in [0.2, 0.25) is 0 Å². The quantitative estimate of drug-likeness (QED) is 0.429. The van der Waals surface area contributed by atoms with Crippen LogP contribution in [0.3, 0.4) is 0 Å². The highest BCUT2D eigenvalue weighted by molar-refractivity contribution is 6.37. The second-order valence-corrected chi connectivity index (χ2v) is 8.83. The fourth-order valence-corrected chi connectivity index (χ4v) is 5.57. The average Bonchev–Trinajstić information content (AvgIpc) is 3.45. The Morgan fingerprint density at radius 3 is 2.00 bits per heavy atom. The molecule has 0 aromatic heterocycles. The van der Waals surface area contributed by atoms with Crippen LogP contribution in [0, 0.1) is 11.8 Å². The van der Waals surface area contributed by atoms with Gasteiger partial charge in [0.1, 0.15) is 5.75 Å². The maximum atomic E-state index is 13.9. The van der Waals surface area contributed by atoms with Crippen molar-refractivity contribution in [3.8, 4) is 5.75 Å². The van der Waals surface area contributed by atoms with Crippen molar-refractivity contribution in [3.63, 3.8) is 0 Å². The topological polar surface area (TPSA) is 90.0 Å². The van der Waals surface area contributed by atoms with Crippen molar-refractivity contribution in [2.24, 2.45) is 11.8 Å². The van der Waals surface area contributed by atoms with Crippen molar-refractivity contribution in [1.29, 1.82) is 0 Å². The van der Waals surface area contributed by atoms with Crippen LogP contribution in [0.4, 0.5) is 5.69 Å². The monoisotopic (exact) mass is 467 g/mol. The number of amides is 2. The second-order valence-electron chi connectivity index (χ2n) is 8.83. The van der Waals surface area contributed by atoms with Gasteiger partial charge in [0.15, 0.2) is 0 Å². The summed E-state index contributed by atoms with van der Waals surface area (Å²) in [4.78, 5) is 56.2. The number of hydrogen-bond acceptors (Lipinski definition) is 6. The lowest BCUT2D eigenvalue weighted by Crippen LogP contribution is -2.51. The number of ether oxygens (including phenoxy) is 2. The highest BCUT2D eigenvalue weighted by atomic mass is 16.5. The van der Waals surface area contributed by atoms with Gasteiger partial charge in [-0.2, -0.15) is 0 Å². The van der Waals surface area contributed by atoms with E-state index in [1.807, 2.05) is 13.0 Å². The summed E-state index contributed by atoms with van der Waals surface area (Å²) < 4.78 is 11.7. The molecule has 0 bridgehead atoms. The van der Waals surface area contributed by atoms with Gasteiger partial charge in [-0.1, -0.05) is 54.6 Å². The number of carbonyl (C=O) groups is 4. The number of imide groups is 1. The maximum Gasteiger partial charge on any atom is 0.241 e. The lowest BCUT2D eigenvalue weighted by atomic mass is 9.77. The molecule has 35 heavy (non-hydrogen) atoms. The van der Waals surface area contributed by atoms with Crippen LogP contribution in [0.5, 0.6) is 5.75 Å². The zero-order valence-corrected chi connectivity index (χ0v) is 18.8. The summed E-state index contributed by atoms with van der Waals surface area (Å²) in [5.41, 5.74) is -0.656. The van der Waals surface area contributed by atoms with E-state index in [0.29, 0.717) is 23.6 Å². The number of carbonyl (C=O) groups excluding carboxylic acids is 4. The fourth-order valence-electron chi connectivity index (χ4n) is 5.57. The predicted molar refractivity (Wildman–Crippen MR) is 125 cm³/mol. The van der Waals surface area contributed by atoms with Crippen LogP contribution in [0.1, 0.15) is 39.3 Å². The third-order valence-corrected chi connectivity index (χ3v) is 7.05. The molecule has 0 N–H and O–H groups in total. The first kappa shape index (κ1) is 21.4. The van der Waals surface area contributed by atoms with Crippen molar-refractivity contribution in [2.45, 2.75) is 18.6 Å². The molecule has 2 aliphatic heterocycles. The minimum absolute atomic E-state index is 0.213. The molecule has 7 heteroatoms. The van der Waals surface area contributed by atoms with Crippen LogP contribution in [0.15, 0.2) is 78.9 Å². The van der Waals surface area contributed by atoms with Gasteiger partial charge < -0.3 is 9.47 Å². The smallest absolute Gasteiger partial charge is 0.241 e. The van der Waals surface area contributed by atoms with Crippen LogP contribution >= 0.6 is 0 Å². The number of hydrogen-bond donors (Lipinski definition) is 0. The molecule has 2 heterocycles. The van der Waals surface area contributed by atoms with E-state index in [9.17, 15) is 19.2 Å². The predicted octanol–water partition coefficient (Wildman–Crippen LogP) is 3.78. The molecule has 7 nitrogen and oxygen atoms in total. The van der Waals surface area contributed by atoms with Gasteiger partial charge in [-0.3, -0.25) is 19.2 Å². The molecule has 0 saturated carbocycles. The maximum absolute atomic E-state index is 13.9. The number of ketones is 2. The minimum Gasteiger partial charge on any atom is -0.494 e.